The highest BCUT2D eigenvalue weighted by molar-refractivity contribution is 5.46. The molecule has 1 aromatic carbocycles. The van der Waals surface area contributed by atoms with Crippen LogP contribution in [0.2, 0.25) is 0 Å². The van der Waals surface area contributed by atoms with E-state index in [0.717, 1.165) is 42.7 Å². The van der Waals surface area contributed by atoms with Gasteiger partial charge in [0.15, 0.2) is 11.5 Å². The van der Waals surface area contributed by atoms with Crippen LogP contribution in [0, 0.1) is 0 Å². The SMILES string of the molecule is NC1(c2ccc3c(c2)OCO3)CCC(O)CC1. The molecule has 92 valence electrons. The van der Waals surface area contributed by atoms with E-state index in [1.165, 1.54) is 0 Å². The standard InChI is InChI=1S/C13H17NO3/c14-13(5-3-10(15)4-6-13)9-1-2-11-12(7-9)17-8-16-11/h1-2,7,10,15H,3-6,8,14H2. The lowest BCUT2D eigenvalue weighted by atomic mass is 9.76. The van der Waals surface area contributed by atoms with E-state index < -0.39 is 0 Å². The number of hydrogen-bond donors (Lipinski definition) is 2. The second-order valence-electron chi connectivity index (χ2n) is 4.96. The fraction of sp³-hybridized carbons (Fsp3) is 0.538. The summed E-state index contributed by atoms with van der Waals surface area (Å²) in [5.41, 5.74) is 7.17. The molecule has 2 aliphatic rings. The first-order valence-electron chi connectivity index (χ1n) is 6.04. The molecular weight excluding hydrogens is 218 g/mol. The molecule has 0 saturated heterocycles. The summed E-state index contributed by atoms with van der Waals surface area (Å²) in [6.45, 7) is 0.287. The van der Waals surface area contributed by atoms with Crippen LogP contribution in [0.5, 0.6) is 11.5 Å². The van der Waals surface area contributed by atoms with Crippen molar-refractivity contribution in [3.05, 3.63) is 23.8 Å². The van der Waals surface area contributed by atoms with Crippen LogP contribution in [0.25, 0.3) is 0 Å². The topological polar surface area (TPSA) is 64.7 Å². The summed E-state index contributed by atoms with van der Waals surface area (Å²) in [5, 5.41) is 9.54. The Labute approximate surface area is 100 Å². The van der Waals surface area contributed by atoms with Crippen LogP contribution >= 0.6 is 0 Å². The number of hydrogen-bond acceptors (Lipinski definition) is 4. The van der Waals surface area contributed by atoms with Crippen molar-refractivity contribution in [2.45, 2.75) is 37.3 Å². The molecule has 0 unspecified atom stereocenters. The van der Waals surface area contributed by atoms with Crippen molar-refractivity contribution in [3.63, 3.8) is 0 Å². The van der Waals surface area contributed by atoms with Gasteiger partial charge in [0.2, 0.25) is 6.79 Å². The quantitative estimate of drug-likeness (QED) is 0.774. The van der Waals surface area contributed by atoms with Gasteiger partial charge in [0, 0.05) is 5.54 Å². The Kier molecular flexibility index (Phi) is 2.49. The van der Waals surface area contributed by atoms with Crippen LogP contribution in [-0.2, 0) is 5.54 Å². The monoisotopic (exact) mass is 235 g/mol. The number of fused-ring (bicyclic) bond motifs is 1. The van der Waals surface area contributed by atoms with Crippen LogP contribution in [-0.4, -0.2) is 18.0 Å². The lowest BCUT2D eigenvalue weighted by Crippen LogP contribution is -2.41. The van der Waals surface area contributed by atoms with E-state index in [1.807, 2.05) is 18.2 Å². The van der Waals surface area contributed by atoms with Gasteiger partial charge in [0.05, 0.1) is 6.10 Å². The summed E-state index contributed by atoms with van der Waals surface area (Å²) in [7, 11) is 0. The molecule has 0 bridgehead atoms. The largest absolute Gasteiger partial charge is 0.454 e. The van der Waals surface area contributed by atoms with Crippen molar-refractivity contribution in [2.75, 3.05) is 6.79 Å². The van der Waals surface area contributed by atoms with Crippen molar-refractivity contribution in [2.24, 2.45) is 5.73 Å². The molecule has 0 spiro atoms. The molecule has 1 saturated carbocycles. The van der Waals surface area contributed by atoms with E-state index in [4.69, 9.17) is 15.2 Å². The van der Waals surface area contributed by atoms with E-state index >= 15 is 0 Å². The molecule has 0 radical (unpaired) electrons. The maximum Gasteiger partial charge on any atom is 0.231 e. The van der Waals surface area contributed by atoms with Crippen molar-refractivity contribution in [1.29, 1.82) is 0 Å². The third-order valence-corrected chi connectivity index (χ3v) is 3.79. The van der Waals surface area contributed by atoms with Crippen LogP contribution in [0.1, 0.15) is 31.2 Å². The lowest BCUT2D eigenvalue weighted by Gasteiger charge is -2.36. The number of aliphatic hydroxyl groups excluding tert-OH is 1. The van der Waals surface area contributed by atoms with Crippen molar-refractivity contribution < 1.29 is 14.6 Å². The summed E-state index contributed by atoms with van der Waals surface area (Å²) in [6, 6.07) is 5.89. The first-order valence-corrected chi connectivity index (χ1v) is 6.04. The Morgan fingerprint density at radius 3 is 2.65 bits per heavy atom. The average molecular weight is 235 g/mol. The molecule has 1 aliphatic carbocycles. The second-order valence-corrected chi connectivity index (χ2v) is 4.96. The molecule has 3 N–H and O–H groups in total. The highest BCUT2D eigenvalue weighted by atomic mass is 16.7. The smallest absolute Gasteiger partial charge is 0.231 e. The third-order valence-electron chi connectivity index (χ3n) is 3.79. The maximum atomic E-state index is 9.54. The Morgan fingerprint density at radius 1 is 1.18 bits per heavy atom. The van der Waals surface area contributed by atoms with Crippen molar-refractivity contribution >= 4 is 0 Å². The summed E-state index contributed by atoms with van der Waals surface area (Å²) in [6.07, 6.45) is 2.97. The zero-order chi connectivity index (χ0) is 11.9. The van der Waals surface area contributed by atoms with Gasteiger partial charge in [0.25, 0.3) is 0 Å². The summed E-state index contributed by atoms with van der Waals surface area (Å²) >= 11 is 0. The number of benzene rings is 1. The summed E-state index contributed by atoms with van der Waals surface area (Å²) in [4.78, 5) is 0. The van der Waals surface area contributed by atoms with Gasteiger partial charge in [-0.1, -0.05) is 6.07 Å². The molecule has 0 atom stereocenters. The van der Waals surface area contributed by atoms with Crippen LogP contribution < -0.4 is 15.2 Å². The van der Waals surface area contributed by atoms with Crippen molar-refractivity contribution in [1.82, 2.24) is 0 Å². The molecule has 3 rings (SSSR count). The first kappa shape index (κ1) is 10.9. The van der Waals surface area contributed by atoms with Gasteiger partial charge in [-0.15, -0.1) is 0 Å². The number of nitrogens with two attached hydrogens (primary N) is 1. The average Bonchev–Trinajstić information content (AvgIpc) is 2.80. The van der Waals surface area contributed by atoms with Gasteiger partial charge < -0.3 is 20.3 Å². The van der Waals surface area contributed by atoms with E-state index in [2.05, 4.69) is 0 Å². The molecule has 4 heteroatoms. The first-order chi connectivity index (χ1) is 8.17. The summed E-state index contributed by atoms with van der Waals surface area (Å²) in [5.74, 6) is 1.56. The van der Waals surface area contributed by atoms with Gasteiger partial charge >= 0.3 is 0 Å². The highest BCUT2D eigenvalue weighted by Gasteiger charge is 2.33. The minimum Gasteiger partial charge on any atom is -0.454 e. The number of ether oxygens (including phenoxy) is 2. The molecule has 17 heavy (non-hydrogen) atoms. The molecule has 1 fully saturated rings. The zero-order valence-corrected chi connectivity index (χ0v) is 9.69. The van der Waals surface area contributed by atoms with Crippen LogP contribution in [0.15, 0.2) is 18.2 Å². The van der Waals surface area contributed by atoms with Gasteiger partial charge in [-0.2, -0.15) is 0 Å². The Morgan fingerprint density at radius 2 is 1.88 bits per heavy atom. The second kappa shape index (κ2) is 3.89. The Hall–Kier alpha value is -1.26. The minimum absolute atomic E-state index is 0.194. The predicted molar refractivity (Wildman–Crippen MR) is 62.9 cm³/mol. The zero-order valence-electron chi connectivity index (χ0n) is 9.69. The minimum atomic E-state index is -0.333. The molecule has 4 nitrogen and oxygen atoms in total. The lowest BCUT2D eigenvalue weighted by molar-refractivity contribution is 0.0968. The van der Waals surface area contributed by atoms with Crippen LogP contribution in [0.3, 0.4) is 0 Å². The predicted octanol–water partition coefficient (Wildman–Crippen LogP) is 1.50. The maximum absolute atomic E-state index is 9.54. The molecule has 1 heterocycles. The van der Waals surface area contributed by atoms with E-state index in [0.29, 0.717) is 0 Å². The van der Waals surface area contributed by atoms with Gasteiger partial charge in [0.1, 0.15) is 0 Å². The van der Waals surface area contributed by atoms with E-state index in [9.17, 15) is 5.11 Å². The van der Waals surface area contributed by atoms with Gasteiger partial charge in [-0.25, -0.2) is 0 Å². The summed E-state index contributed by atoms with van der Waals surface area (Å²) < 4.78 is 10.7. The van der Waals surface area contributed by atoms with Crippen molar-refractivity contribution in [3.8, 4) is 11.5 Å². The van der Waals surface area contributed by atoms with Gasteiger partial charge in [-0.05, 0) is 43.4 Å². The van der Waals surface area contributed by atoms with Gasteiger partial charge in [-0.3, -0.25) is 0 Å². The fourth-order valence-electron chi connectivity index (χ4n) is 2.61. The Bertz CT molecular complexity index is 425. The molecular formula is C13H17NO3. The Balaban J connectivity index is 1.88. The highest BCUT2D eigenvalue weighted by Crippen LogP contribution is 2.40. The third kappa shape index (κ3) is 1.87. The fourth-order valence-corrected chi connectivity index (χ4v) is 2.61. The molecule has 1 aromatic rings. The molecule has 0 amide bonds. The van der Waals surface area contributed by atoms with Crippen LogP contribution in [0.4, 0.5) is 0 Å². The molecule has 0 aromatic heterocycles. The van der Waals surface area contributed by atoms with E-state index in [-0.39, 0.29) is 18.4 Å². The van der Waals surface area contributed by atoms with E-state index in [1.54, 1.807) is 0 Å². The number of rotatable bonds is 1. The number of aliphatic hydroxyl groups is 1. The normalized spacial score (nSPS) is 31.5. The molecule has 1 aliphatic heterocycles.